The van der Waals surface area contributed by atoms with Crippen molar-refractivity contribution in [1.29, 1.82) is 0 Å². The Morgan fingerprint density at radius 2 is 2.16 bits per heavy atom. The largest absolute Gasteiger partial charge is 0.381 e. The van der Waals surface area contributed by atoms with E-state index >= 15 is 0 Å². The van der Waals surface area contributed by atoms with E-state index < -0.39 is 5.54 Å². The molecule has 104 valence electrons. The zero-order valence-corrected chi connectivity index (χ0v) is 11.0. The lowest BCUT2D eigenvalue weighted by atomic mass is 9.90. The number of benzene rings is 1. The third-order valence-electron chi connectivity index (χ3n) is 3.51. The van der Waals surface area contributed by atoms with Crippen molar-refractivity contribution < 1.29 is 13.9 Å². The number of halogens is 1. The van der Waals surface area contributed by atoms with Gasteiger partial charge < -0.3 is 15.8 Å². The van der Waals surface area contributed by atoms with E-state index in [-0.39, 0.29) is 11.7 Å². The fourth-order valence-corrected chi connectivity index (χ4v) is 2.14. The van der Waals surface area contributed by atoms with Crippen LogP contribution >= 0.6 is 0 Å². The van der Waals surface area contributed by atoms with Gasteiger partial charge in [0.2, 0.25) is 5.91 Å². The first kappa shape index (κ1) is 14.0. The Morgan fingerprint density at radius 1 is 1.47 bits per heavy atom. The van der Waals surface area contributed by atoms with Crippen LogP contribution in [0.25, 0.3) is 0 Å². The lowest BCUT2D eigenvalue weighted by molar-refractivity contribution is -0.129. The molecule has 19 heavy (non-hydrogen) atoms. The van der Waals surface area contributed by atoms with Gasteiger partial charge in [-0.15, -0.1) is 0 Å². The van der Waals surface area contributed by atoms with E-state index in [0.717, 1.165) is 5.56 Å². The summed E-state index contributed by atoms with van der Waals surface area (Å²) in [4.78, 5) is 12.1. The van der Waals surface area contributed by atoms with Crippen LogP contribution in [-0.2, 0) is 16.1 Å². The Hall–Kier alpha value is -1.46. The number of rotatable bonds is 3. The number of hydrogen-bond donors (Lipinski definition) is 2. The average molecular weight is 266 g/mol. The highest BCUT2D eigenvalue weighted by Gasteiger charge is 2.35. The second-order valence-corrected chi connectivity index (χ2v) is 5.03. The van der Waals surface area contributed by atoms with Crippen LogP contribution in [0.3, 0.4) is 0 Å². The van der Waals surface area contributed by atoms with Gasteiger partial charge in [0.1, 0.15) is 5.82 Å². The van der Waals surface area contributed by atoms with Crippen LogP contribution in [0.4, 0.5) is 4.39 Å². The third kappa shape index (κ3) is 3.30. The first-order valence-electron chi connectivity index (χ1n) is 6.41. The van der Waals surface area contributed by atoms with Crippen LogP contribution in [0.5, 0.6) is 0 Å². The molecule has 1 aromatic carbocycles. The molecule has 0 radical (unpaired) electrons. The number of ether oxygens (including phenoxy) is 1. The SMILES string of the molecule is Cc1cc(CNC(=O)C2(N)CCOCC2)ccc1F. The number of nitrogens with one attached hydrogen (secondary N) is 1. The molecule has 1 amide bonds. The topological polar surface area (TPSA) is 64.4 Å². The highest BCUT2D eigenvalue weighted by atomic mass is 19.1. The molecule has 0 bridgehead atoms. The fourth-order valence-electron chi connectivity index (χ4n) is 2.14. The number of carbonyl (C=O) groups is 1. The smallest absolute Gasteiger partial charge is 0.240 e. The molecule has 1 aliphatic heterocycles. The minimum absolute atomic E-state index is 0.169. The van der Waals surface area contributed by atoms with Crippen LogP contribution in [0.15, 0.2) is 18.2 Å². The number of amides is 1. The van der Waals surface area contributed by atoms with Crippen molar-refractivity contribution in [3.05, 3.63) is 35.1 Å². The Balaban J connectivity index is 1.94. The van der Waals surface area contributed by atoms with Gasteiger partial charge >= 0.3 is 0 Å². The van der Waals surface area contributed by atoms with Crippen molar-refractivity contribution in [2.75, 3.05) is 13.2 Å². The maximum absolute atomic E-state index is 13.1. The van der Waals surface area contributed by atoms with Gasteiger partial charge in [-0.2, -0.15) is 0 Å². The Labute approximate surface area is 112 Å². The van der Waals surface area contributed by atoms with Gasteiger partial charge in [-0.25, -0.2) is 4.39 Å². The average Bonchev–Trinajstić information content (AvgIpc) is 2.40. The third-order valence-corrected chi connectivity index (χ3v) is 3.51. The van der Waals surface area contributed by atoms with Gasteiger partial charge in [0.05, 0.1) is 5.54 Å². The standard InChI is InChI=1S/C14H19FN2O2/c1-10-8-11(2-3-12(10)15)9-17-13(18)14(16)4-6-19-7-5-14/h2-3,8H,4-7,9,16H2,1H3,(H,17,18). The van der Waals surface area contributed by atoms with Crippen LogP contribution in [0.1, 0.15) is 24.0 Å². The van der Waals surface area contributed by atoms with E-state index in [1.54, 1.807) is 19.1 Å². The van der Waals surface area contributed by atoms with E-state index in [1.807, 2.05) is 0 Å². The molecule has 1 heterocycles. The zero-order valence-electron chi connectivity index (χ0n) is 11.0. The molecule has 0 unspecified atom stereocenters. The first-order chi connectivity index (χ1) is 9.01. The molecular formula is C14H19FN2O2. The minimum Gasteiger partial charge on any atom is -0.381 e. The number of nitrogens with two attached hydrogens (primary N) is 1. The molecule has 1 fully saturated rings. The summed E-state index contributed by atoms with van der Waals surface area (Å²) in [5, 5.41) is 2.81. The molecule has 1 aliphatic rings. The van der Waals surface area contributed by atoms with Gasteiger partial charge in [-0.1, -0.05) is 12.1 Å². The lowest BCUT2D eigenvalue weighted by Gasteiger charge is -2.31. The molecule has 0 aromatic heterocycles. The molecule has 1 saturated heterocycles. The van der Waals surface area contributed by atoms with Crippen molar-refractivity contribution in [1.82, 2.24) is 5.32 Å². The molecule has 0 saturated carbocycles. The van der Waals surface area contributed by atoms with Crippen molar-refractivity contribution in [2.45, 2.75) is 31.8 Å². The summed E-state index contributed by atoms with van der Waals surface area (Å²) < 4.78 is 18.3. The molecule has 1 aromatic rings. The van der Waals surface area contributed by atoms with Crippen LogP contribution in [-0.4, -0.2) is 24.7 Å². The Morgan fingerprint density at radius 3 is 2.79 bits per heavy atom. The summed E-state index contributed by atoms with van der Waals surface area (Å²) in [6.07, 6.45) is 1.06. The van der Waals surface area contributed by atoms with Crippen LogP contribution < -0.4 is 11.1 Å². The van der Waals surface area contributed by atoms with Gasteiger partial charge in [0.25, 0.3) is 0 Å². The normalized spacial score (nSPS) is 18.1. The summed E-state index contributed by atoms with van der Waals surface area (Å²) >= 11 is 0. The van der Waals surface area contributed by atoms with Crippen LogP contribution in [0, 0.1) is 12.7 Å². The van der Waals surface area contributed by atoms with Crippen LogP contribution in [0.2, 0.25) is 0 Å². The monoisotopic (exact) mass is 266 g/mol. The van der Waals surface area contributed by atoms with E-state index in [2.05, 4.69) is 5.32 Å². The fraction of sp³-hybridized carbons (Fsp3) is 0.500. The maximum atomic E-state index is 13.1. The molecule has 0 spiro atoms. The number of carbonyl (C=O) groups excluding carboxylic acids is 1. The van der Waals surface area contributed by atoms with E-state index in [0.29, 0.717) is 38.2 Å². The summed E-state index contributed by atoms with van der Waals surface area (Å²) in [6.45, 7) is 3.09. The second kappa shape index (κ2) is 5.67. The summed E-state index contributed by atoms with van der Waals surface area (Å²) in [6, 6.07) is 4.79. The Kier molecular flexibility index (Phi) is 4.17. The maximum Gasteiger partial charge on any atom is 0.240 e. The van der Waals surface area contributed by atoms with Gasteiger partial charge in [-0.3, -0.25) is 4.79 Å². The first-order valence-corrected chi connectivity index (χ1v) is 6.41. The predicted molar refractivity (Wildman–Crippen MR) is 70.0 cm³/mol. The molecule has 3 N–H and O–H groups in total. The minimum atomic E-state index is -0.840. The molecule has 2 rings (SSSR count). The molecule has 5 heteroatoms. The highest BCUT2D eigenvalue weighted by molar-refractivity contribution is 5.86. The molecular weight excluding hydrogens is 247 g/mol. The van der Waals surface area contributed by atoms with Crippen molar-refractivity contribution in [2.24, 2.45) is 5.73 Å². The number of hydrogen-bond acceptors (Lipinski definition) is 3. The second-order valence-electron chi connectivity index (χ2n) is 5.03. The van der Waals surface area contributed by atoms with Gasteiger partial charge in [-0.05, 0) is 37.0 Å². The zero-order chi connectivity index (χ0) is 13.9. The quantitative estimate of drug-likeness (QED) is 0.865. The summed E-state index contributed by atoms with van der Waals surface area (Å²) in [5.41, 5.74) is 6.66. The van der Waals surface area contributed by atoms with E-state index in [1.165, 1.54) is 6.07 Å². The highest BCUT2D eigenvalue weighted by Crippen LogP contribution is 2.18. The van der Waals surface area contributed by atoms with Gasteiger partial charge in [0, 0.05) is 19.8 Å². The van der Waals surface area contributed by atoms with Crippen molar-refractivity contribution in [3.63, 3.8) is 0 Å². The molecule has 0 atom stereocenters. The van der Waals surface area contributed by atoms with E-state index in [4.69, 9.17) is 10.5 Å². The predicted octanol–water partition coefficient (Wildman–Crippen LogP) is 1.26. The summed E-state index contributed by atoms with van der Waals surface area (Å²) in [5.74, 6) is -0.410. The van der Waals surface area contributed by atoms with Crippen molar-refractivity contribution in [3.8, 4) is 0 Å². The van der Waals surface area contributed by atoms with Gasteiger partial charge in [0.15, 0.2) is 0 Å². The lowest BCUT2D eigenvalue weighted by Crippen LogP contribution is -2.56. The summed E-state index contributed by atoms with van der Waals surface area (Å²) in [7, 11) is 0. The Bertz CT molecular complexity index is 471. The van der Waals surface area contributed by atoms with E-state index in [9.17, 15) is 9.18 Å². The number of aryl methyl sites for hydroxylation is 1. The molecule has 4 nitrogen and oxygen atoms in total. The van der Waals surface area contributed by atoms with Crippen molar-refractivity contribution >= 4 is 5.91 Å². The molecule has 0 aliphatic carbocycles.